The van der Waals surface area contributed by atoms with Crippen LogP contribution in [0.3, 0.4) is 0 Å². The SMILES string of the molecule is CC(C)C(=O)Nc1cncc(-c2ccc3[nH]nc(-c4cc5c(-c6cccc(F)c6)nccc5[nH]4)c3n2)c1. The predicted molar refractivity (Wildman–Crippen MR) is 141 cm³/mol. The molecule has 6 aromatic rings. The van der Waals surface area contributed by atoms with Crippen LogP contribution in [0.15, 0.2) is 73.2 Å². The van der Waals surface area contributed by atoms with E-state index in [2.05, 4.69) is 30.5 Å². The first-order valence-corrected chi connectivity index (χ1v) is 11.8. The molecular weight excluding hydrogens is 469 g/mol. The van der Waals surface area contributed by atoms with Crippen molar-refractivity contribution in [2.75, 3.05) is 5.32 Å². The third kappa shape index (κ3) is 4.20. The number of benzene rings is 1. The number of H-pyrrole nitrogens is 2. The lowest BCUT2D eigenvalue weighted by molar-refractivity contribution is -0.118. The molecule has 0 bridgehead atoms. The lowest BCUT2D eigenvalue weighted by atomic mass is 10.1. The summed E-state index contributed by atoms with van der Waals surface area (Å²) in [5.74, 6) is -0.533. The number of carbonyl (C=O) groups excluding carboxylic acids is 1. The van der Waals surface area contributed by atoms with Crippen LogP contribution in [-0.4, -0.2) is 36.0 Å². The van der Waals surface area contributed by atoms with Crippen LogP contribution in [0.5, 0.6) is 0 Å². The number of halogens is 1. The van der Waals surface area contributed by atoms with Gasteiger partial charge in [0, 0.05) is 40.3 Å². The van der Waals surface area contributed by atoms with Crippen molar-refractivity contribution in [2.45, 2.75) is 13.8 Å². The van der Waals surface area contributed by atoms with Crippen molar-refractivity contribution >= 4 is 33.5 Å². The Morgan fingerprint density at radius 2 is 1.86 bits per heavy atom. The average molecular weight is 492 g/mol. The number of nitrogens with zero attached hydrogens (tertiary/aromatic N) is 4. The number of hydrogen-bond donors (Lipinski definition) is 3. The summed E-state index contributed by atoms with van der Waals surface area (Å²) in [5, 5.41) is 11.3. The van der Waals surface area contributed by atoms with Gasteiger partial charge in [0.05, 0.1) is 34.5 Å². The third-order valence-corrected chi connectivity index (χ3v) is 6.13. The summed E-state index contributed by atoms with van der Waals surface area (Å²) in [6.45, 7) is 3.67. The summed E-state index contributed by atoms with van der Waals surface area (Å²) in [7, 11) is 0. The molecule has 0 fully saturated rings. The summed E-state index contributed by atoms with van der Waals surface area (Å²) in [5.41, 5.74) is 7.17. The van der Waals surface area contributed by atoms with Crippen LogP contribution in [0.25, 0.3) is 55.8 Å². The topological polar surface area (TPSA) is 112 Å². The molecule has 1 aromatic carbocycles. The molecule has 0 radical (unpaired) electrons. The molecule has 0 aliphatic rings. The number of rotatable bonds is 5. The Hall–Kier alpha value is -4.92. The van der Waals surface area contributed by atoms with Gasteiger partial charge in [-0.3, -0.25) is 19.9 Å². The zero-order chi connectivity index (χ0) is 25.5. The smallest absolute Gasteiger partial charge is 0.226 e. The minimum absolute atomic E-state index is 0.0783. The van der Waals surface area contributed by atoms with Gasteiger partial charge >= 0.3 is 0 Å². The van der Waals surface area contributed by atoms with Crippen LogP contribution in [-0.2, 0) is 4.79 Å². The Morgan fingerprint density at radius 3 is 2.70 bits per heavy atom. The molecule has 0 spiro atoms. The third-order valence-electron chi connectivity index (χ3n) is 6.13. The second-order valence-electron chi connectivity index (χ2n) is 9.09. The summed E-state index contributed by atoms with van der Waals surface area (Å²) >= 11 is 0. The van der Waals surface area contributed by atoms with Gasteiger partial charge < -0.3 is 10.3 Å². The lowest BCUT2D eigenvalue weighted by Crippen LogP contribution is -2.17. The van der Waals surface area contributed by atoms with Gasteiger partial charge in [0.25, 0.3) is 0 Å². The van der Waals surface area contributed by atoms with Crippen LogP contribution in [0.2, 0.25) is 0 Å². The van der Waals surface area contributed by atoms with Crippen molar-refractivity contribution in [3.8, 4) is 33.9 Å². The highest BCUT2D eigenvalue weighted by Gasteiger charge is 2.16. The van der Waals surface area contributed by atoms with Gasteiger partial charge in [-0.25, -0.2) is 9.37 Å². The molecule has 0 saturated heterocycles. The maximum atomic E-state index is 13.9. The number of anilines is 1. The maximum absolute atomic E-state index is 13.9. The molecule has 0 aliphatic heterocycles. The van der Waals surface area contributed by atoms with Crippen LogP contribution >= 0.6 is 0 Å². The normalized spacial score (nSPS) is 11.5. The Labute approximate surface area is 211 Å². The highest BCUT2D eigenvalue weighted by atomic mass is 19.1. The van der Waals surface area contributed by atoms with Crippen molar-refractivity contribution in [1.82, 2.24) is 30.1 Å². The highest BCUT2D eigenvalue weighted by molar-refractivity contribution is 5.99. The standard InChI is InChI=1S/C28H22FN7O/c1-15(2)28(37)32-19-11-17(13-30-14-19)21-6-7-23-26(34-21)27(36-35-23)24-12-20-22(33-24)8-9-31-25(20)16-4-3-5-18(29)10-16/h3-15,33H,1-2H3,(H,32,37)(H,35,36). The maximum Gasteiger partial charge on any atom is 0.226 e. The summed E-state index contributed by atoms with van der Waals surface area (Å²) in [4.78, 5) is 29.2. The minimum atomic E-state index is -0.315. The van der Waals surface area contributed by atoms with E-state index in [1.54, 1.807) is 24.7 Å². The number of hydrogen-bond acceptors (Lipinski definition) is 5. The van der Waals surface area contributed by atoms with E-state index in [9.17, 15) is 9.18 Å². The molecule has 37 heavy (non-hydrogen) atoms. The van der Waals surface area contributed by atoms with E-state index in [-0.39, 0.29) is 17.6 Å². The van der Waals surface area contributed by atoms with Gasteiger partial charge in [-0.1, -0.05) is 26.0 Å². The van der Waals surface area contributed by atoms with Gasteiger partial charge in [-0.05, 0) is 42.5 Å². The van der Waals surface area contributed by atoms with Crippen molar-refractivity contribution < 1.29 is 9.18 Å². The molecule has 6 rings (SSSR count). The Kier molecular flexibility index (Phi) is 5.45. The first-order valence-electron chi connectivity index (χ1n) is 11.8. The predicted octanol–water partition coefficient (Wildman–Crippen LogP) is 5.96. The number of nitrogens with one attached hydrogen (secondary N) is 3. The van der Waals surface area contributed by atoms with Gasteiger partial charge in [0.2, 0.25) is 5.91 Å². The van der Waals surface area contributed by atoms with E-state index in [4.69, 9.17) is 4.98 Å². The van der Waals surface area contributed by atoms with E-state index >= 15 is 0 Å². The zero-order valence-electron chi connectivity index (χ0n) is 20.1. The molecule has 8 nitrogen and oxygen atoms in total. The number of carbonyl (C=O) groups is 1. The molecule has 0 atom stereocenters. The van der Waals surface area contributed by atoms with E-state index in [1.165, 1.54) is 12.1 Å². The van der Waals surface area contributed by atoms with Gasteiger partial charge in [0.1, 0.15) is 17.0 Å². The number of fused-ring (bicyclic) bond motifs is 2. The number of amides is 1. The second-order valence-corrected chi connectivity index (χ2v) is 9.09. The lowest BCUT2D eigenvalue weighted by Gasteiger charge is -2.08. The highest BCUT2D eigenvalue weighted by Crippen LogP contribution is 2.33. The number of aromatic nitrogens is 6. The van der Waals surface area contributed by atoms with Crippen molar-refractivity contribution in [1.29, 1.82) is 0 Å². The summed E-state index contributed by atoms with van der Waals surface area (Å²) < 4.78 is 13.9. The van der Waals surface area contributed by atoms with E-state index in [0.717, 1.165) is 27.7 Å². The number of pyridine rings is 3. The molecule has 182 valence electrons. The molecule has 0 unspecified atom stereocenters. The fourth-order valence-corrected chi connectivity index (χ4v) is 4.23. The van der Waals surface area contributed by atoms with Gasteiger partial charge in [-0.15, -0.1) is 0 Å². The molecule has 3 N–H and O–H groups in total. The van der Waals surface area contributed by atoms with Crippen molar-refractivity contribution in [3.63, 3.8) is 0 Å². The van der Waals surface area contributed by atoms with E-state index < -0.39 is 0 Å². The average Bonchev–Trinajstić information content (AvgIpc) is 3.52. The molecule has 5 aromatic heterocycles. The fraction of sp³-hybridized carbons (Fsp3) is 0.107. The van der Waals surface area contributed by atoms with E-state index in [0.29, 0.717) is 33.8 Å². The monoisotopic (exact) mass is 491 g/mol. The first kappa shape index (κ1) is 22.5. The summed E-state index contributed by atoms with van der Waals surface area (Å²) in [6, 6.07) is 15.9. The molecule has 5 heterocycles. The fourth-order valence-electron chi connectivity index (χ4n) is 4.23. The van der Waals surface area contributed by atoms with Gasteiger partial charge in [-0.2, -0.15) is 5.10 Å². The van der Waals surface area contributed by atoms with Crippen LogP contribution in [0, 0.1) is 11.7 Å². The zero-order valence-corrected chi connectivity index (χ0v) is 20.1. The number of aromatic amines is 2. The Balaban J connectivity index is 1.41. The van der Waals surface area contributed by atoms with Gasteiger partial charge in [0.15, 0.2) is 0 Å². The van der Waals surface area contributed by atoms with Crippen molar-refractivity contribution in [3.05, 3.63) is 79.0 Å². The molecular formula is C28H22FN7O. The van der Waals surface area contributed by atoms with Crippen LogP contribution < -0.4 is 5.32 Å². The van der Waals surface area contributed by atoms with Crippen LogP contribution in [0.1, 0.15) is 13.8 Å². The molecule has 1 amide bonds. The van der Waals surface area contributed by atoms with Crippen LogP contribution in [0.4, 0.5) is 10.1 Å². The Bertz CT molecular complexity index is 1790. The quantitative estimate of drug-likeness (QED) is 0.275. The molecule has 9 heteroatoms. The Morgan fingerprint density at radius 1 is 0.973 bits per heavy atom. The molecule has 0 aliphatic carbocycles. The van der Waals surface area contributed by atoms with Crippen molar-refractivity contribution in [2.24, 2.45) is 5.92 Å². The molecule has 0 saturated carbocycles. The second kappa shape index (κ2) is 8.94. The largest absolute Gasteiger partial charge is 0.353 e. The minimum Gasteiger partial charge on any atom is -0.353 e. The van der Waals surface area contributed by atoms with E-state index in [1.807, 2.05) is 50.2 Å². The first-order chi connectivity index (χ1) is 18.0. The summed E-state index contributed by atoms with van der Waals surface area (Å²) in [6.07, 6.45) is 5.01.